The minimum Gasteiger partial charge on any atom is -0.507 e. The Hall–Kier alpha value is -2.24. The van der Waals surface area contributed by atoms with E-state index >= 15 is 0 Å². The number of aliphatic carboxylic acids is 1. The topological polar surface area (TPSA) is 95.9 Å². The SMILES string of the molecule is CCC(C)C(NC(=O)c1cc(OC)ccc1O)C(=O)O. The van der Waals surface area contributed by atoms with Gasteiger partial charge < -0.3 is 20.3 Å². The molecule has 0 spiro atoms. The third-order valence-electron chi connectivity index (χ3n) is 3.21. The maximum Gasteiger partial charge on any atom is 0.326 e. The van der Waals surface area contributed by atoms with Crippen molar-refractivity contribution in [2.45, 2.75) is 26.3 Å². The van der Waals surface area contributed by atoms with Crippen molar-refractivity contribution >= 4 is 11.9 Å². The van der Waals surface area contributed by atoms with Gasteiger partial charge in [0.2, 0.25) is 0 Å². The molecule has 0 saturated heterocycles. The summed E-state index contributed by atoms with van der Waals surface area (Å²) < 4.78 is 4.97. The molecule has 0 radical (unpaired) electrons. The molecule has 0 bridgehead atoms. The van der Waals surface area contributed by atoms with Crippen molar-refractivity contribution < 1.29 is 24.5 Å². The molecule has 0 saturated carbocycles. The molecule has 0 aliphatic heterocycles. The molecule has 1 amide bonds. The number of ether oxygens (including phenoxy) is 1. The lowest BCUT2D eigenvalue weighted by Gasteiger charge is -2.20. The lowest BCUT2D eigenvalue weighted by Crippen LogP contribution is -2.45. The number of rotatable bonds is 6. The van der Waals surface area contributed by atoms with Gasteiger partial charge >= 0.3 is 5.97 Å². The highest BCUT2D eigenvalue weighted by Gasteiger charge is 2.26. The molecule has 3 N–H and O–H groups in total. The number of carbonyl (C=O) groups excluding carboxylic acids is 1. The fourth-order valence-corrected chi connectivity index (χ4v) is 1.73. The quantitative estimate of drug-likeness (QED) is 0.736. The van der Waals surface area contributed by atoms with Crippen LogP contribution < -0.4 is 10.1 Å². The number of hydrogen-bond acceptors (Lipinski definition) is 4. The second-order valence-corrected chi connectivity index (χ2v) is 4.56. The molecule has 1 aromatic rings. The van der Waals surface area contributed by atoms with Gasteiger partial charge in [-0.15, -0.1) is 0 Å². The van der Waals surface area contributed by atoms with Crippen molar-refractivity contribution in [1.29, 1.82) is 0 Å². The zero-order valence-electron chi connectivity index (χ0n) is 11.7. The van der Waals surface area contributed by atoms with Crippen LogP contribution >= 0.6 is 0 Å². The van der Waals surface area contributed by atoms with E-state index in [9.17, 15) is 14.7 Å². The zero-order valence-corrected chi connectivity index (χ0v) is 11.7. The van der Waals surface area contributed by atoms with E-state index in [0.29, 0.717) is 12.2 Å². The maximum absolute atomic E-state index is 12.1. The fourth-order valence-electron chi connectivity index (χ4n) is 1.73. The van der Waals surface area contributed by atoms with Crippen molar-refractivity contribution in [3.63, 3.8) is 0 Å². The number of carbonyl (C=O) groups is 2. The number of phenols is 1. The first kappa shape index (κ1) is 15.8. The number of carboxylic acid groups (broad SMARTS) is 1. The van der Waals surface area contributed by atoms with Gasteiger partial charge in [0.25, 0.3) is 5.91 Å². The van der Waals surface area contributed by atoms with E-state index in [4.69, 9.17) is 9.84 Å². The number of hydrogen-bond donors (Lipinski definition) is 3. The van der Waals surface area contributed by atoms with Crippen LogP contribution in [0.2, 0.25) is 0 Å². The third kappa shape index (κ3) is 3.63. The van der Waals surface area contributed by atoms with Crippen molar-refractivity contribution in [3.8, 4) is 11.5 Å². The van der Waals surface area contributed by atoms with Crippen molar-refractivity contribution in [2.24, 2.45) is 5.92 Å². The van der Waals surface area contributed by atoms with E-state index in [0.717, 1.165) is 0 Å². The minimum atomic E-state index is -1.10. The smallest absolute Gasteiger partial charge is 0.326 e. The van der Waals surface area contributed by atoms with Gasteiger partial charge in [-0.05, 0) is 24.1 Å². The highest BCUT2D eigenvalue weighted by Crippen LogP contribution is 2.23. The van der Waals surface area contributed by atoms with Crippen LogP contribution in [0.1, 0.15) is 30.6 Å². The summed E-state index contributed by atoms with van der Waals surface area (Å²) in [6.07, 6.45) is 0.612. The predicted octanol–water partition coefficient (Wildman–Crippen LogP) is 1.63. The Balaban J connectivity index is 2.97. The Kier molecular flexibility index (Phi) is 5.37. The number of benzene rings is 1. The summed E-state index contributed by atoms with van der Waals surface area (Å²) in [7, 11) is 1.44. The molecule has 0 aliphatic carbocycles. The monoisotopic (exact) mass is 281 g/mol. The first-order valence-corrected chi connectivity index (χ1v) is 6.31. The van der Waals surface area contributed by atoms with Gasteiger partial charge in [-0.25, -0.2) is 4.79 Å². The first-order chi connectivity index (χ1) is 9.40. The third-order valence-corrected chi connectivity index (χ3v) is 3.21. The predicted molar refractivity (Wildman–Crippen MR) is 73.0 cm³/mol. The summed E-state index contributed by atoms with van der Waals surface area (Å²) in [5.41, 5.74) is -0.0149. The van der Waals surface area contributed by atoms with Crippen LogP contribution in [0, 0.1) is 5.92 Å². The lowest BCUT2D eigenvalue weighted by molar-refractivity contribution is -0.140. The summed E-state index contributed by atoms with van der Waals surface area (Å²) in [5, 5.41) is 21.2. The second-order valence-electron chi connectivity index (χ2n) is 4.56. The molecule has 20 heavy (non-hydrogen) atoms. The first-order valence-electron chi connectivity index (χ1n) is 6.31. The standard InChI is InChI=1S/C14H19NO5/c1-4-8(2)12(14(18)19)15-13(17)10-7-9(20-3)5-6-11(10)16/h5-8,12,16H,4H2,1-3H3,(H,15,17)(H,18,19). The average molecular weight is 281 g/mol. The molecule has 2 atom stereocenters. The molecular weight excluding hydrogens is 262 g/mol. The van der Waals surface area contributed by atoms with Gasteiger partial charge in [-0.3, -0.25) is 4.79 Å². The molecule has 2 unspecified atom stereocenters. The average Bonchev–Trinajstić information content (AvgIpc) is 2.43. The van der Waals surface area contributed by atoms with Crippen LogP contribution in [-0.4, -0.2) is 35.2 Å². The molecule has 1 aromatic carbocycles. The molecule has 110 valence electrons. The van der Waals surface area contributed by atoms with Crippen LogP contribution in [0.15, 0.2) is 18.2 Å². The highest BCUT2D eigenvalue weighted by molar-refractivity contribution is 5.99. The van der Waals surface area contributed by atoms with Crippen molar-refractivity contribution in [1.82, 2.24) is 5.32 Å². The number of amides is 1. The Bertz CT molecular complexity index is 500. The van der Waals surface area contributed by atoms with Crippen LogP contribution in [0.3, 0.4) is 0 Å². The maximum atomic E-state index is 12.1. The summed E-state index contributed by atoms with van der Waals surface area (Å²) in [6.45, 7) is 3.58. The zero-order chi connectivity index (χ0) is 15.3. The molecule has 0 heterocycles. The van der Waals surface area contributed by atoms with Crippen molar-refractivity contribution in [3.05, 3.63) is 23.8 Å². The van der Waals surface area contributed by atoms with E-state index in [-0.39, 0.29) is 17.2 Å². The molecule has 6 nitrogen and oxygen atoms in total. The fraction of sp³-hybridized carbons (Fsp3) is 0.429. The molecule has 0 aliphatic rings. The Morgan fingerprint density at radius 2 is 2.05 bits per heavy atom. The Morgan fingerprint density at radius 1 is 1.40 bits per heavy atom. The number of nitrogens with one attached hydrogen (secondary N) is 1. The Labute approximate surface area is 117 Å². The van der Waals surface area contributed by atoms with Gasteiger partial charge in [0.1, 0.15) is 17.5 Å². The molecule has 6 heteroatoms. The molecule has 0 fully saturated rings. The number of phenolic OH excluding ortho intramolecular Hbond substituents is 1. The van der Waals surface area contributed by atoms with E-state index < -0.39 is 17.9 Å². The van der Waals surface area contributed by atoms with Crippen LogP contribution in [-0.2, 0) is 4.79 Å². The molecule has 0 aromatic heterocycles. The van der Waals surface area contributed by atoms with Gasteiger partial charge in [-0.1, -0.05) is 20.3 Å². The van der Waals surface area contributed by atoms with Crippen LogP contribution in [0.25, 0.3) is 0 Å². The largest absolute Gasteiger partial charge is 0.507 e. The van der Waals surface area contributed by atoms with Gasteiger partial charge in [0, 0.05) is 0 Å². The summed E-state index contributed by atoms with van der Waals surface area (Å²) in [6, 6.07) is 3.20. The Morgan fingerprint density at radius 3 is 2.55 bits per heavy atom. The summed E-state index contributed by atoms with van der Waals surface area (Å²) in [4.78, 5) is 23.3. The van der Waals surface area contributed by atoms with Gasteiger partial charge in [0.15, 0.2) is 0 Å². The number of aromatic hydroxyl groups is 1. The summed E-state index contributed by atoms with van der Waals surface area (Å²) >= 11 is 0. The van der Waals surface area contributed by atoms with Gasteiger partial charge in [-0.2, -0.15) is 0 Å². The summed E-state index contributed by atoms with van der Waals surface area (Å²) in [5.74, 6) is -1.78. The normalized spacial score (nSPS) is 13.3. The van der Waals surface area contributed by atoms with Crippen molar-refractivity contribution in [2.75, 3.05) is 7.11 Å². The molecule has 1 rings (SSSR count). The number of methoxy groups -OCH3 is 1. The van der Waals surface area contributed by atoms with E-state index in [1.54, 1.807) is 6.92 Å². The van der Waals surface area contributed by atoms with Gasteiger partial charge in [0.05, 0.1) is 12.7 Å². The van der Waals surface area contributed by atoms with E-state index in [1.807, 2.05) is 6.92 Å². The highest BCUT2D eigenvalue weighted by atomic mass is 16.5. The minimum absolute atomic E-state index is 0.0149. The van der Waals surface area contributed by atoms with E-state index in [2.05, 4.69) is 5.32 Å². The molecular formula is C14H19NO5. The second kappa shape index (κ2) is 6.79. The lowest BCUT2D eigenvalue weighted by atomic mass is 9.99. The number of carboxylic acids is 1. The van der Waals surface area contributed by atoms with Crippen LogP contribution in [0.4, 0.5) is 0 Å². The van der Waals surface area contributed by atoms with E-state index in [1.165, 1.54) is 25.3 Å². The van der Waals surface area contributed by atoms with Crippen LogP contribution in [0.5, 0.6) is 11.5 Å².